The quantitative estimate of drug-likeness (QED) is 0.670. The van der Waals surface area contributed by atoms with E-state index in [9.17, 15) is 4.79 Å². The van der Waals surface area contributed by atoms with E-state index in [0.29, 0.717) is 17.3 Å². The lowest BCUT2D eigenvalue weighted by Crippen LogP contribution is -2.47. The first-order chi connectivity index (χ1) is 13.6. The molecule has 4 rings (SSSR count). The van der Waals surface area contributed by atoms with Gasteiger partial charge in [0.05, 0.1) is 23.9 Å². The Hall–Kier alpha value is -2.94. The largest absolute Gasteiger partial charge is 0.462 e. The number of nitrogens with two attached hydrogens (primary N) is 1. The molecule has 28 heavy (non-hydrogen) atoms. The Morgan fingerprint density at radius 3 is 2.61 bits per heavy atom. The van der Waals surface area contributed by atoms with E-state index in [1.165, 1.54) is 11.3 Å². The molecule has 2 N–H and O–H groups in total. The van der Waals surface area contributed by atoms with Crippen LogP contribution in [0.15, 0.2) is 24.7 Å². The van der Waals surface area contributed by atoms with Gasteiger partial charge >= 0.3 is 5.97 Å². The number of aromatic nitrogens is 3. The maximum Gasteiger partial charge on any atom is 0.348 e. The highest BCUT2D eigenvalue weighted by Crippen LogP contribution is 2.35. The summed E-state index contributed by atoms with van der Waals surface area (Å²) in [5, 5.41) is 0.943. The molecular weight excluding hydrogens is 376 g/mol. The number of hydrogen-bond acceptors (Lipinski definition) is 9. The maximum atomic E-state index is 12.3. The van der Waals surface area contributed by atoms with E-state index < -0.39 is 0 Å². The van der Waals surface area contributed by atoms with Gasteiger partial charge < -0.3 is 20.3 Å². The van der Waals surface area contributed by atoms with Gasteiger partial charge in [0.15, 0.2) is 0 Å². The van der Waals surface area contributed by atoms with Gasteiger partial charge in [0.2, 0.25) is 0 Å². The van der Waals surface area contributed by atoms with Crippen LogP contribution in [-0.4, -0.2) is 53.7 Å². The van der Waals surface area contributed by atoms with Crippen LogP contribution in [-0.2, 0) is 4.74 Å². The predicted octanol–water partition coefficient (Wildman–Crippen LogP) is 2.48. The van der Waals surface area contributed by atoms with E-state index in [1.807, 2.05) is 32.2 Å². The summed E-state index contributed by atoms with van der Waals surface area (Å²) < 4.78 is 5.18. The molecule has 0 atom stereocenters. The average molecular weight is 398 g/mol. The molecule has 0 aromatic carbocycles. The van der Waals surface area contributed by atoms with Gasteiger partial charge in [-0.1, -0.05) is 0 Å². The van der Waals surface area contributed by atoms with Crippen molar-refractivity contribution in [2.45, 2.75) is 13.8 Å². The first-order valence-corrected chi connectivity index (χ1v) is 10.0. The number of nitrogens with zero attached hydrogens (tertiary/aromatic N) is 5. The molecule has 1 aliphatic rings. The molecule has 0 bridgehead atoms. The Bertz CT molecular complexity index is 996. The van der Waals surface area contributed by atoms with Gasteiger partial charge in [0.1, 0.15) is 27.7 Å². The fourth-order valence-electron chi connectivity index (χ4n) is 3.45. The van der Waals surface area contributed by atoms with Crippen molar-refractivity contribution in [2.75, 3.05) is 48.3 Å². The summed E-state index contributed by atoms with van der Waals surface area (Å²) in [6.45, 7) is 7.44. The van der Waals surface area contributed by atoms with Crippen LogP contribution >= 0.6 is 11.3 Å². The summed E-state index contributed by atoms with van der Waals surface area (Å²) in [5.41, 5.74) is 7.64. The first-order valence-electron chi connectivity index (χ1n) is 9.21. The molecule has 1 aliphatic heterocycles. The molecule has 9 heteroatoms. The highest BCUT2D eigenvalue weighted by Gasteiger charge is 2.25. The number of esters is 1. The lowest BCUT2D eigenvalue weighted by atomic mass is 10.2. The van der Waals surface area contributed by atoms with Crippen LogP contribution < -0.4 is 15.5 Å². The van der Waals surface area contributed by atoms with Crippen LogP contribution in [0.2, 0.25) is 0 Å². The minimum Gasteiger partial charge on any atom is -0.462 e. The van der Waals surface area contributed by atoms with Crippen LogP contribution in [0.4, 0.5) is 17.3 Å². The van der Waals surface area contributed by atoms with Crippen molar-refractivity contribution in [3.8, 4) is 0 Å². The van der Waals surface area contributed by atoms with Crippen molar-refractivity contribution in [1.29, 1.82) is 0 Å². The molecule has 1 fully saturated rings. The van der Waals surface area contributed by atoms with Crippen molar-refractivity contribution in [2.24, 2.45) is 0 Å². The normalized spacial score (nSPS) is 14.5. The fourth-order valence-corrected chi connectivity index (χ4v) is 4.48. The molecule has 1 saturated heterocycles. The van der Waals surface area contributed by atoms with Crippen molar-refractivity contribution < 1.29 is 9.53 Å². The topological polar surface area (TPSA) is 97.5 Å². The number of pyridine rings is 1. The van der Waals surface area contributed by atoms with Gasteiger partial charge in [-0.2, -0.15) is 0 Å². The van der Waals surface area contributed by atoms with E-state index in [2.05, 4.69) is 24.8 Å². The number of fused-ring (bicyclic) bond motifs is 1. The van der Waals surface area contributed by atoms with Crippen LogP contribution in [0.1, 0.15) is 22.2 Å². The third-order valence-electron chi connectivity index (χ3n) is 4.88. The zero-order valence-corrected chi connectivity index (χ0v) is 16.7. The molecule has 4 heterocycles. The van der Waals surface area contributed by atoms with Crippen LogP contribution in [0.25, 0.3) is 10.2 Å². The Labute approximate surface area is 167 Å². The van der Waals surface area contributed by atoms with E-state index in [1.54, 1.807) is 6.33 Å². The zero-order chi connectivity index (χ0) is 19.7. The monoisotopic (exact) mass is 398 g/mol. The number of hydrogen-bond donors (Lipinski definition) is 1. The van der Waals surface area contributed by atoms with Gasteiger partial charge in [0.25, 0.3) is 0 Å². The summed E-state index contributed by atoms with van der Waals surface area (Å²) in [6, 6.07) is 3.82. The van der Waals surface area contributed by atoms with Crippen molar-refractivity contribution >= 4 is 44.8 Å². The second kappa shape index (κ2) is 7.59. The third-order valence-corrected chi connectivity index (χ3v) is 6.06. The van der Waals surface area contributed by atoms with E-state index in [4.69, 9.17) is 10.5 Å². The van der Waals surface area contributed by atoms with E-state index in [-0.39, 0.29) is 5.97 Å². The Balaban J connectivity index is 1.58. The second-order valence-corrected chi connectivity index (χ2v) is 7.57. The minimum absolute atomic E-state index is 0.297. The highest BCUT2D eigenvalue weighted by molar-refractivity contribution is 7.20. The second-order valence-electron chi connectivity index (χ2n) is 6.57. The molecular formula is C19H22N6O2S. The maximum absolute atomic E-state index is 12.3. The highest BCUT2D eigenvalue weighted by atomic mass is 32.1. The van der Waals surface area contributed by atoms with Gasteiger partial charge in [0, 0.05) is 26.2 Å². The van der Waals surface area contributed by atoms with Crippen LogP contribution in [0, 0.1) is 6.92 Å². The number of nitrogen functional groups attached to an aromatic ring is 1. The number of ether oxygens (including phenoxy) is 1. The predicted molar refractivity (Wildman–Crippen MR) is 111 cm³/mol. The fraction of sp³-hybridized carbons (Fsp3) is 0.368. The molecule has 8 nitrogen and oxygen atoms in total. The van der Waals surface area contributed by atoms with Crippen LogP contribution in [0.5, 0.6) is 0 Å². The summed E-state index contributed by atoms with van der Waals surface area (Å²) in [5.74, 6) is 1.11. The van der Waals surface area contributed by atoms with Crippen molar-refractivity contribution in [3.05, 3.63) is 35.1 Å². The zero-order valence-electron chi connectivity index (χ0n) is 15.9. The first kappa shape index (κ1) is 18.4. The van der Waals surface area contributed by atoms with Gasteiger partial charge in [-0.3, -0.25) is 0 Å². The SMILES string of the molecule is CCOC(=O)c1sc2ncnc(N3CCN(c4ccc(N)nc4)CC3)c2c1C. The van der Waals surface area contributed by atoms with E-state index >= 15 is 0 Å². The number of piperazine rings is 1. The number of anilines is 3. The average Bonchev–Trinajstić information content (AvgIpc) is 3.06. The molecule has 0 aliphatic carbocycles. The summed E-state index contributed by atoms with van der Waals surface area (Å²) in [6.07, 6.45) is 3.38. The summed E-state index contributed by atoms with van der Waals surface area (Å²) in [7, 11) is 0. The van der Waals surface area contributed by atoms with E-state index in [0.717, 1.165) is 53.5 Å². The van der Waals surface area contributed by atoms with Gasteiger partial charge in [-0.15, -0.1) is 11.3 Å². The van der Waals surface area contributed by atoms with Crippen LogP contribution in [0.3, 0.4) is 0 Å². The molecule has 0 saturated carbocycles. The number of thiophene rings is 1. The summed E-state index contributed by atoms with van der Waals surface area (Å²) in [4.78, 5) is 31.3. The van der Waals surface area contributed by atoms with Crippen molar-refractivity contribution in [1.82, 2.24) is 15.0 Å². The van der Waals surface area contributed by atoms with Gasteiger partial charge in [-0.05, 0) is 31.5 Å². The molecule has 0 spiro atoms. The molecule has 0 unspecified atom stereocenters. The number of aryl methyl sites for hydroxylation is 1. The standard InChI is InChI=1S/C19H22N6O2S/c1-3-27-19(26)16-12(2)15-17(22-11-23-18(15)28-16)25-8-6-24(7-9-25)13-4-5-14(20)21-10-13/h4-5,10-11H,3,6-9H2,1-2H3,(H2,20,21). The lowest BCUT2D eigenvalue weighted by Gasteiger charge is -2.36. The molecule has 3 aromatic rings. The Morgan fingerprint density at radius 2 is 1.93 bits per heavy atom. The van der Waals surface area contributed by atoms with Gasteiger partial charge in [-0.25, -0.2) is 19.7 Å². The number of carbonyl (C=O) groups is 1. The minimum atomic E-state index is -0.297. The Kier molecular flexibility index (Phi) is 4.99. The summed E-state index contributed by atoms with van der Waals surface area (Å²) >= 11 is 1.37. The molecule has 3 aromatic heterocycles. The third kappa shape index (κ3) is 3.33. The number of carbonyl (C=O) groups excluding carboxylic acids is 1. The molecule has 146 valence electrons. The molecule has 0 radical (unpaired) electrons. The molecule has 0 amide bonds. The smallest absolute Gasteiger partial charge is 0.348 e. The Morgan fingerprint density at radius 1 is 1.18 bits per heavy atom. The lowest BCUT2D eigenvalue weighted by molar-refractivity contribution is 0.0531. The number of rotatable bonds is 4. The van der Waals surface area contributed by atoms with Crippen molar-refractivity contribution in [3.63, 3.8) is 0 Å².